The Morgan fingerprint density at radius 3 is 2.73 bits per heavy atom. The first kappa shape index (κ1) is 14.6. The first-order valence-corrected chi connectivity index (χ1v) is 6.34. The van der Waals surface area contributed by atoms with Crippen LogP contribution in [-0.4, -0.2) is 27.7 Å². The fraction of sp³-hybridized carbons (Fsp3) is 0.889. The van der Waals surface area contributed by atoms with Crippen LogP contribution in [0.2, 0.25) is 0 Å². The Kier molecular flexibility index (Phi) is 8.70. The summed E-state index contributed by atoms with van der Waals surface area (Å²) in [5.41, 5.74) is 0. The normalized spacial score (nSPS) is 12.1. The highest BCUT2D eigenvalue weighted by atomic mass is 32.2. The second kappa shape index (κ2) is 8.91. The molecule has 0 aromatic heterocycles. The summed E-state index contributed by atoms with van der Waals surface area (Å²) >= 11 is 6.26. The van der Waals surface area contributed by atoms with E-state index in [2.05, 4.69) is 6.92 Å². The maximum absolute atomic E-state index is 10.4. The molecule has 6 heteroatoms. The fourth-order valence-electron chi connectivity index (χ4n) is 1.07. The Balaban J connectivity index is 3.98. The molecule has 0 aliphatic heterocycles. The van der Waals surface area contributed by atoms with E-state index in [0.717, 1.165) is 19.3 Å². The number of ether oxygens (including phenoxy) is 1. The highest BCUT2D eigenvalue weighted by molar-refractivity contribution is 8.23. The van der Waals surface area contributed by atoms with Gasteiger partial charge in [-0.2, -0.15) is 0 Å². The van der Waals surface area contributed by atoms with Crippen molar-refractivity contribution in [2.45, 2.75) is 38.4 Å². The van der Waals surface area contributed by atoms with Gasteiger partial charge in [-0.05, 0) is 25.6 Å². The van der Waals surface area contributed by atoms with Gasteiger partial charge < -0.3 is 4.74 Å². The van der Waals surface area contributed by atoms with Crippen molar-refractivity contribution in [2.75, 3.05) is 13.2 Å². The van der Waals surface area contributed by atoms with Crippen molar-refractivity contribution in [3.05, 3.63) is 10.1 Å². The lowest BCUT2D eigenvalue weighted by atomic mass is 10.2. The molecule has 0 bridgehead atoms. The molecule has 0 N–H and O–H groups in total. The van der Waals surface area contributed by atoms with E-state index in [-0.39, 0.29) is 16.7 Å². The third kappa shape index (κ3) is 8.62. The highest BCUT2D eigenvalue weighted by Gasteiger charge is 2.18. The molecule has 0 radical (unpaired) electrons. The number of unbranched alkanes of at least 4 members (excludes halogenated alkanes) is 1. The van der Waals surface area contributed by atoms with Gasteiger partial charge in [0.2, 0.25) is 10.9 Å². The largest absolute Gasteiger partial charge is 0.479 e. The minimum absolute atomic E-state index is 0.0438. The van der Waals surface area contributed by atoms with E-state index >= 15 is 0 Å². The number of thioether (sulfide) groups is 1. The predicted octanol–water partition coefficient (Wildman–Crippen LogP) is 2.88. The van der Waals surface area contributed by atoms with Gasteiger partial charge in [0.25, 0.3) is 0 Å². The monoisotopic (exact) mass is 251 g/mol. The summed E-state index contributed by atoms with van der Waals surface area (Å²) in [4.78, 5) is 10.1. The first-order chi connectivity index (χ1) is 7.10. The van der Waals surface area contributed by atoms with Gasteiger partial charge in [-0.25, -0.2) is 0 Å². The number of hydrogen-bond donors (Lipinski definition) is 0. The zero-order valence-electron chi connectivity index (χ0n) is 9.10. The topological polar surface area (TPSA) is 52.4 Å². The summed E-state index contributed by atoms with van der Waals surface area (Å²) in [7, 11) is 0. The van der Waals surface area contributed by atoms with Gasteiger partial charge in [0.05, 0.1) is 11.9 Å². The van der Waals surface area contributed by atoms with Crippen LogP contribution < -0.4 is 0 Å². The minimum Gasteiger partial charge on any atom is -0.479 e. The second-order valence-corrected chi connectivity index (χ2v) is 4.98. The zero-order valence-corrected chi connectivity index (χ0v) is 10.7. The van der Waals surface area contributed by atoms with Crippen LogP contribution in [0, 0.1) is 10.1 Å². The number of rotatable bonds is 7. The van der Waals surface area contributed by atoms with Crippen molar-refractivity contribution in [1.82, 2.24) is 0 Å². The van der Waals surface area contributed by atoms with E-state index in [1.165, 1.54) is 11.8 Å². The van der Waals surface area contributed by atoms with Crippen LogP contribution in [0.4, 0.5) is 0 Å². The van der Waals surface area contributed by atoms with E-state index in [4.69, 9.17) is 17.0 Å². The molecule has 15 heavy (non-hydrogen) atoms. The predicted molar refractivity (Wildman–Crippen MR) is 67.0 cm³/mol. The van der Waals surface area contributed by atoms with E-state index < -0.39 is 0 Å². The van der Waals surface area contributed by atoms with Crippen LogP contribution in [0.25, 0.3) is 0 Å². The smallest absolute Gasteiger partial charge is 0.220 e. The van der Waals surface area contributed by atoms with Gasteiger partial charge >= 0.3 is 0 Å². The summed E-state index contributed by atoms with van der Waals surface area (Å²) in [5.74, 6) is 0. The Bertz CT molecular complexity index is 212. The Morgan fingerprint density at radius 1 is 1.60 bits per heavy atom. The van der Waals surface area contributed by atoms with Crippen LogP contribution in [0.3, 0.4) is 0 Å². The average molecular weight is 251 g/mol. The molecule has 1 unspecified atom stereocenters. The van der Waals surface area contributed by atoms with Crippen molar-refractivity contribution < 1.29 is 9.66 Å². The highest BCUT2D eigenvalue weighted by Crippen LogP contribution is 2.20. The number of hydrogen-bond acceptors (Lipinski definition) is 5. The summed E-state index contributed by atoms with van der Waals surface area (Å²) in [6, 6.07) is 0. The molecule has 0 aromatic carbocycles. The summed E-state index contributed by atoms with van der Waals surface area (Å²) in [5, 5.41) is 10.4. The van der Waals surface area contributed by atoms with E-state index in [0.29, 0.717) is 11.0 Å². The number of nitrogens with zero attached hydrogens (tertiary/aromatic N) is 1. The lowest BCUT2D eigenvalue weighted by Gasteiger charge is -2.12. The average Bonchev–Trinajstić information content (AvgIpc) is 2.13. The minimum atomic E-state index is -0.290. The number of nitro groups is 1. The lowest BCUT2D eigenvalue weighted by Crippen LogP contribution is -2.18. The number of thiocarbonyl (C=S) groups is 1. The van der Waals surface area contributed by atoms with E-state index in [1.54, 1.807) is 0 Å². The molecule has 0 heterocycles. The molecule has 0 aliphatic rings. The van der Waals surface area contributed by atoms with Crippen LogP contribution in [0.15, 0.2) is 0 Å². The summed E-state index contributed by atoms with van der Waals surface area (Å²) < 4.78 is 5.52. The molecular formula is C9H17NO3S2. The first-order valence-electron chi connectivity index (χ1n) is 5.05. The fourth-order valence-corrected chi connectivity index (χ4v) is 2.54. The molecule has 0 saturated heterocycles. The lowest BCUT2D eigenvalue weighted by molar-refractivity contribution is -0.479. The van der Waals surface area contributed by atoms with Gasteiger partial charge in [0, 0.05) is 4.92 Å². The zero-order chi connectivity index (χ0) is 11.7. The quantitative estimate of drug-likeness (QED) is 0.395. The molecule has 0 aliphatic carbocycles. The molecule has 88 valence electrons. The molecule has 4 nitrogen and oxygen atoms in total. The summed E-state index contributed by atoms with van der Waals surface area (Å²) in [6.45, 7) is 4.39. The molecule has 0 saturated carbocycles. The van der Waals surface area contributed by atoms with Crippen LogP contribution in [0.5, 0.6) is 0 Å². The SMILES string of the molecule is CCCCC(C[N+](=O)[O-])SC(=S)OCC. The van der Waals surface area contributed by atoms with Gasteiger partial charge in [-0.15, -0.1) is 0 Å². The molecule has 1 atom stereocenters. The molecule has 0 aromatic rings. The Labute approximate surface area is 99.9 Å². The van der Waals surface area contributed by atoms with E-state index in [1.807, 2.05) is 6.92 Å². The van der Waals surface area contributed by atoms with Crippen molar-refractivity contribution in [1.29, 1.82) is 0 Å². The van der Waals surface area contributed by atoms with Crippen LogP contribution >= 0.6 is 24.0 Å². The van der Waals surface area contributed by atoms with E-state index in [9.17, 15) is 10.1 Å². The Morgan fingerprint density at radius 2 is 2.27 bits per heavy atom. The van der Waals surface area contributed by atoms with Gasteiger partial charge in [0.1, 0.15) is 0 Å². The summed E-state index contributed by atoms with van der Waals surface area (Å²) in [6.07, 6.45) is 2.84. The van der Waals surface area contributed by atoms with Crippen molar-refractivity contribution in [3.8, 4) is 0 Å². The third-order valence-electron chi connectivity index (χ3n) is 1.76. The van der Waals surface area contributed by atoms with Gasteiger partial charge in [-0.3, -0.25) is 10.1 Å². The second-order valence-electron chi connectivity index (χ2n) is 3.08. The van der Waals surface area contributed by atoms with Gasteiger partial charge in [0.15, 0.2) is 0 Å². The van der Waals surface area contributed by atoms with Crippen molar-refractivity contribution >= 4 is 28.4 Å². The Hall–Kier alpha value is -0.360. The maximum Gasteiger partial charge on any atom is 0.220 e. The van der Waals surface area contributed by atoms with Crippen molar-refractivity contribution in [2.24, 2.45) is 0 Å². The molecule has 0 rings (SSSR count). The van der Waals surface area contributed by atoms with Crippen LogP contribution in [0.1, 0.15) is 33.1 Å². The third-order valence-corrected chi connectivity index (χ3v) is 3.19. The van der Waals surface area contributed by atoms with Gasteiger partial charge in [-0.1, -0.05) is 31.5 Å². The van der Waals surface area contributed by atoms with Crippen molar-refractivity contribution in [3.63, 3.8) is 0 Å². The molecular weight excluding hydrogens is 234 g/mol. The van der Waals surface area contributed by atoms with Crippen LogP contribution in [-0.2, 0) is 4.74 Å². The molecule has 0 fully saturated rings. The molecule has 0 spiro atoms. The molecule has 0 amide bonds. The standard InChI is InChI=1S/C9H17NO3S2/c1-3-5-6-8(7-10(11)12)15-9(14)13-4-2/h8H,3-7H2,1-2H3. The maximum atomic E-state index is 10.4.